The van der Waals surface area contributed by atoms with Crippen LogP contribution < -0.4 is 5.32 Å². The number of hydrogen-bond donors (Lipinski definition) is 2. The molecule has 5 nitrogen and oxygen atoms in total. The molecule has 23 heavy (non-hydrogen) atoms. The van der Waals surface area contributed by atoms with Crippen molar-refractivity contribution >= 4 is 11.8 Å². The van der Waals surface area contributed by atoms with E-state index in [4.69, 9.17) is 0 Å². The predicted octanol–water partition coefficient (Wildman–Crippen LogP) is 1.92. The Morgan fingerprint density at radius 3 is 2.39 bits per heavy atom. The van der Waals surface area contributed by atoms with Crippen LogP contribution in [0.2, 0.25) is 0 Å². The summed E-state index contributed by atoms with van der Waals surface area (Å²) < 4.78 is 37.0. The second-order valence-corrected chi connectivity index (χ2v) is 5.46. The number of phenols is 1. The number of carbonyl (C=O) groups excluding carboxylic acids is 2. The molecule has 1 aliphatic heterocycles. The number of piperidine rings is 1. The third-order valence-corrected chi connectivity index (χ3v) is 3.84. The van der Waals surface area contributed by atoms with Gasteiger partial charge in [0.25, 0.3) is 5.91 Å². The third-order valence-electron chi connectivity index (χ3n) is 3.84. The summed E-state index contributed by atoms with van der Waals surface area (Å²) in [5, 5.41) is 12.2. The van der Waals surface area contributed by atoms with Crippen molar-refractivity contribution in [3.63, 3.8) is 0 Å². The summed E-state index contributed by atoms with van der Waals surface area (Å²) >= 11 is 0. The number of rotatable bonds is 3. The zero-order chi connectivity index (χ0) is 17.0. The van der Waals surface area contributed by atoms with Gasteiger partial charge in [-0.15, -0.1) is 0 Å². The highest BCUT2D eigenvalue weighted by atomic mass is 19.4. The normalized spacial score (nSPS) is 16.2. The lowest BCUT2D eigenvalue weighted by atomic mass is 9.96. The minimum Gasteiger partial charge on any atom is -0.507 e. The van der Waals surface area contributed by atoms with E-state index >= 15 is 0 Å². The van der Waals surface area contributed by atoms with Gasteiger partial charge in [0.15, 0.2) is 0 Å². The van der Waals surface area contributed by atoms with Crippen LogP contribution in [0.3, 0.4) is 0 Å². The van der Waals surface area contributed by atoms with Crippen LogP contribution in [0.25, 0.3) is 0 Å². The molecule has 0 aliphatic carbocycles. The van der Waals surface area contributed by atoms with Gasteiger partial charge in [-0.1, -0.05) is 12.1 Å². The Balaban J connectivity index is 1.80. The van der Waals surface area contributed by atoms with E-state index in [1.165, 1.54) is 12.1 Å². The Morgan fingerprint density at radius 1 is 1.22 bits per heavy atom. The van der Waals surface area contributed by atoms with Crippen molar-refractivity contribution in [2.75, 3.05) is 19.6 Å². The Morgan fingerprint density at radius 2 is 1.83 bits per heavy atom. The maximum atomic E-state index is 12.3. The summed E-state index contributed by atoms with van der Waals surface area (Å²) in [5.74, 6) is -2.37. The molecule has 2 N–H and O–H groups in total. The first-order valence-electron chi connectivity index (χ1n) is 7.21. The number of likely N-dealkylation sites (tertiary alicyclic amines) is 1. The predicted molar refractivity (Wildman–Crippen MR) is 75.8 cm³/mol. The zero-order valence-electron chi connectivity index (χ0n) is 12.3. The van der Waals surface area contributed by atoms with Crippen LogP contribution >= 0.6 is 0 Å². The van der Waals surface area contributed by atoms with Gasteiger partial charge in [0, 0.05) is 19.6 Å². The van der Waals surface area contributed by atoms with Crippen molar-refractivity contribution < 1.29 is 27.9 Å². The molecule has 1 saturated heterocycles. The minimum absolute atomic E-state index is 0.00193. The molecular formula is C15H17F3N2O3. The Hall–Kier alpha value is -2.25. The van der Waals surface area contributed by atoms with E-state index in [2.05, 4.69) is 5.32 Å². The molecule has 8 heteroatoms. The molecule has 0 unspecified atom stereocenters. The van der Waals surface area contributed by atoms with E-state index in [0.717, 1.165) is 4.90 Å². The molecule has 0 spiro atoms. The molecule has 0 saturated carbocycles. The van der Waals surface area contributed by atoms with E-state index in [1.807, 2.05) is 0 Å². The lowest BCUT2D eigenvalue weighted by molar-refractivity contribution is -0.186. The van der Waals surface area contributed by atoms with Crippen molar-refractivity contribution in [1.82, 2.24) is 10.2 Å². The number of halogens is 3. The highest BCUT2D eigenvalue weighted by Gasteiger charge is 2.43. The molecule has 1 aromatic carbocycles. The smallest absolute Gasteiger partial charge is 0.471 e. The Bertz CT molecular complexity index is 582. The maximum absolute atomic E-state index is 12.3. The molecular weight excluding hydrogens is 313 g/mol. The third kappa shape index (κ3) is 4.37. The zero-order valence-corrected chi connectivity index (χ0v) is 12.3. The van der Waals surface area contributed by atoms with E-state index in [0.29, 0.717) is 19.4 Å². The van der Waals surface area contributed by atoms with Gasteiger partial charge in [-0.25, -0.2) is 0 Å². The van der Waals surface area contributed by atoms with Crippen LogP contribution in [0.1, 0.15) is 23.2 Å². The number of para-hydroxylation sites is 1. The lowest BCUT2D eigenvalue weighted by Gasteiger charge is -2.32. The van der Waals surface area contributed by atoms with Gasteiger partial charge in [-0.2, -0.15) is 13.2 Å². The molecule has 1 fully saturated rings. The average Bonchev–Trinajstić information content (AvgIpc) is 2.52. The van der Waals surface area contributed by atoms with Crippen LogP contribution in [-0.2, 0) is 4.79 Å². The first-order chi connectivity index (χ1) is 10.8. The molecule has 1 aliphatic rings. The first-order valence-corrected chi connectivity index (χ1v) is 7.21. The fourth-order valence-corrected chi connectivity index (χ4v) is 2.52. The monoisotopic (exact) mass is 330 g/mol. The van der Waals surface area contributed by atoms with Crippen molar-refractivity contribution in [3.05, 3.63) is 29.8 Å². The molecule has 0 aromatic heterocycles. The number of nitrogens with one attached hydrogen (secondary N) is 1. The fraction of sp³-hybridized carbons (Fsp3) is 0.467. The van der Waals surface area contributed by atoms with Gasteiger partial charge in [-0.3, -0.25) is 9.59 Å². The molecule has 2 rings (SSSR count). The van der Waals surface area contributed by atoms with Crippen LogP contribution in [0, 0.1) is 5.92 Å². The van der Waals surface area contributed by atoms with Crippen LogP contribution in [0.4, 0.5) is 13.2 Å². The van der Waals surface area contributed by atoms with Gasteiger partial charge < -0.3 is 15.3 Å². The van der Waals surface area contributed by atoms with E-state index in [-0.39, 0.29) is 30.3 Å². The van der Waals surface area contributed by atoms with Gasteiger partial charge in [-0.05, 0) is 30.9 Å². The van der Waals surface area contributed by atoms with Gasteiger partial charge >= 0.3 is 12.1 Å². The Labute approximate surface area is 131 Å². The Kier molecular flexibility index (Phi) is 5.12. The van der Waals surface area contributed by atoms with Crippen molar-refractivity contribution in [2.24, 2.45) is 5.92 Å². The SMILES string of the molecule is O=C(NCC1CCN(C(=O)C(F)(F)F)CC1)c1ccccc1O. The summed E-state index contributed by atoms with van der Waals surface area (Å²) in [4.78, 5) is 23.8. The first kappa shape index (κ1) is 17.1. The quantitative estimate of drug-likeness (QED) is 0.890. The number of nitrogens with zero attached hydrogens (tertiary/aromatic N) is 1. The standard InChI is InChI=1S/C15H17F3N2O3/c16-15(17,18)14(23)20-7-5-10(6-8-20)9-19-13(22)11-3-1-2-4-12(11)21/h1-4,10,21H,5-9H2,(H,19,22). The van der Waals surface area contributed by atoms with Gasteiger partial charge in [0.1, 0.15) is 5.75 Å². The van der Waals surface area contributed by atoms with E-state index in [1.54, 1.807) is 12.1 Å². The highest BCUT2D eigenvalue weighted by Crippen LogP contribution is 2.23. The molecule has 1 aromatic rings. The molecule has 0 bridgehead atoms. The largest absolute Gasteiger partial charge is 0.507 e. The van der Waals surface area contributed by atoms with Gasteiger partial charge in [0.05, 0.1) is 5.56 Å². The second kappa shape index (κ2) is 6.89. The van der Waals surface area contributed by atoms with Crippen molar-refractivity contribution in [3.8, 4) is 5.75 Å². The number of amides is 2. The van der Waals surface area contributed by atoms with Crippen molar-refractivity contribution in [2.45, 2.75) is 19.0 Å². The second-order valence-electron chi connectivity index (χ2n) is 5.46. The molecule has 0 radical (unpaired) electrons. The summed E-state index contributed by atoms with van der Waals surface area (Å²) in [6, 6.07) is 6.10. The molecule has 0 atom stereocenters. The summed E-state index contributed by atoms with van der Waals surface area (Å²) in [6.45, 7) is 0.339. The minimum atomic E-state index is -4.84. The van der Waals surface area contributed by atoms with Crippen LogP contribution in [0.15, 0.2) is 24.3 Å². The number of hydrogen-bond acceptors (Lipinski definition) is 3. The molecule has 1 heterocycles. The topological polar surface area (TPSA) is 69.6 Å². The molecule has 126 valence electrons. The van der Waals surface area contributed by atoms with Crippen LogP contribution in [0.5, 0.6) is 5.75 Å². The van der Waals surface area contributed by atoms with E-state index < -0.39 is 18.0 Å². The summed E-state index contributed by atoms with van der Waals surface area (Å²) in [5.41, 5.74) is 0.150. The van der Waals surface area contributed by atoms with E-state index in [9.17, 15) is 27.9 Å². The molecule has 2 amide bonds. The highest BCUT2D eigenvalue weighted by molar-refractivity contribution is 5.96. The number of phenolic OH excluding ortho intramolecular Hbond substituents is 1. The fourth-order valence-electron chi connectivity index (χ4n) is 2.52. The van der Waals surface area contributed by atoms with Crippen LogP contribution in [-0.4, -0.2) is 47.6 Å². The lowest BCUT2D eigenvalue weighted by Crippen LogP contribution is -2.46. The number of alkyl halides is 3. The number of carbonyl (C=O) groups is 2. The van der Waals surface area contributed by atoms with Gasteiger partial charge in [0.2, 0.25) is 0 Å². The number of aromatic hydroxyl groups is 1. The maximum Gasteiger partial charge on any atom is 0.471 e. The summed E-state index contributed by atoms with van der Waals surface area (Å²) in [7, 11) is 0. The van der Waals surface area contributed by atoms with Crippen molar-refractivity contribution in [1.29, 1.82) is 0 Å². The average molecular weight is 330 g/mol. The number of benzene rings is 1. The summed E-state index contributed by atoms with van der Waals surface area (Å²) in [6.07, 6.45) is -4.06.